The van der Waals surface area contributed by atoms with Gasteiger partial charge >= 0.3 is 0 Å². The maximum absolute atomic E-state index is 11.2. The Balaban J connectivity index is 1.63. The second-order valence-corrected chi connectivity index (χ2v) is 7.23. The van der Waals surface area contributed by atoms with E-state index in [0.29, 0.717) is 23.8 Å². The van der Waals surface area contributed by atoms with Crippen LogP contribution in [0.4, 0.5) is 5.69 Å². The zero-order valence-electron chi connectivity index (χ0n) is 17.2. The highest BCUT2D eigenvalue weighted by Crippen LogP contribution is 2.39. The summed E-state index contributed by atoms with van der Waals surface area (Å²) in [6.07, 6.45) is 0. The van der Waals surface area contributed by atoms with Gasteiger partial charge in [0.05, 0.1) is 37.4 Å². The molecule has 2 aromatic carbocycles. The first kappa shape index (κ1) is 20.9. The number of ether oxygens (including phenoxy) is 3. The molecule has 1 heterocycles. The fourth-order valence-electron chi connectivity index (χ4n) is 3.99. The fourth-order valence-corrected chi connectivity index (χ4v) is 3.99. The Morgan fingerprint density at radius 2 is 1.41 bits per heavy atom. The predicted octanol–water partition coefficient (Wildman–Crippen LogP) is 0.104. The summed E-state index contributed by atoms with van der Waals surface area (Å²) >= 11 is 0. The van der Waals surface area contributed by atoms with E-state index in [9.17, 15) is 10.1 Å². The van der Waals surface area contributed by atoms with E-state index in [0.717, 1.165) is 43.9 Å². The minimum absolute atomic E-state index is 0.213. The molecule has 3 rings (SSSR count). The van der Waals surface area contributed by atoms with Crippen molar-refractivity contribution in [3.05, 3.63) is 57.6 Å². The van der Waals surface area contributed by atoms with Gasteiger partial charge in [-0.1, -0.05) is 12.1 Å². The number of piperazine rings is 1. The van der Waals surface area contributed by atoms with E-state index < -0.39 is 0 Å². The van der Waals surface area contributed by atoms with Crippen molar-refractivity contribution in [3.63, 3.8) is 0 Å². The Hall–Kier alpha value is -2.84. The van der Waals surface area contributed by atoms with E-state index >= 15 is 0 Å². The molecule has 1 aliphatic rings. The molecule has 156 valence electrons. The molecule has 0 amide bonds. The summed E-state index contributed by atoms with van der Waals surface area (Å²) < 4.78 is 16.4. The summed E-state index contributed by atoms with van der Waals surface area (Å²) in [6.45, 7) is 5.45. The van der Waals surface area contributed by atoms with Crippen molar-refractivity contribution in [1.82, 2.24) is 0 Å². The van der Waals surface area contributed by atoms with Crippen LogP contribution in [0, 0.1) is 10.1 Å². The molecule has 1 saturated heterocycles. The van der Waals surface area contributed by atoms with Gasteiger partial charge in [0.25, 0.3) is 5.69 Å². The highest BCUT2D eigenvalue weighted by molar-refractivity contribution is 5.55. The Kier molecular flexibility index (Phi) is 6.90. The van der Waals surface area contributed by atoms with Gasteiger partial charge < -0.3 is 24.0 Å². The zero-order valence-corrected chi connectivity index (χ0v) is 17.2. The number of nitro groups is 1. The lowest BCUT2D eigenvalue weighted by Gasteiger charge is -2.30. The monoisotopic (exact) mass is 403 g/mol. The Labute approximate surface area is 170 Å². The Morgan fingerprint density at radius 3 is 1.97 bits per heavy atom. The third kappa shape index (κ3) is 4.78. The second kappa shape index (κ2) is 9.58. The molecule has 2 aromatic rings. The molecular formula is C21H29N3O5+2. The van der Waals surface area contributed by atoms with Crippen LogP contribution in [-0.2, 0) is 13.1 Å². The minimum atomic E-state index is -0.292. The molecule has 0 radical (unpaired) electrons. The number of nitrogens with zero attached hydrogens (tertiary/aromatic N) is 1. The van der Waals surface area contributed by atoms with Crippen molar-refractivity contribution in [2.45, 2.75) is 13.1 Å². The fraction of sp³-hybridized carbons (Fsp3) is 0.429. The molecule has 8 nitrogen and oxygen atoms in total. The predicted molar refractivity (Wildman–Crippen MR) is 108 cm³/mol. The van der Waals surface area contributed by atoms with Gasteiger partial charge in [-0.15, -0.1) is 0 Å². The largest absolute Gasteiger partial charge is 0.493 e. The third-order valence-electron chi connectivity index (χ3n) is 5.52. The first-order valence-corrected chi connectivity index (χ1v) is 9.74. The number of para-hydroxylation sites is 1. The van der Waals surface area contributed by atoms with E-state index in [1.807, 2.05) is 24.3 Å². The Bertz CT molecular complexity index is 850. The number of rotatable bonds is 8. The smallest absolute Gasteiger partial charge is 0.278 e. The van der Waals surface area contributed by atoms with Crippen LogP contribution < -0.4 is 24.0 Å². The zero-order chi connectivity index (χ0) is 20.8. The quantitative estimate of drug-likeness (QED) is 0.483. The highest BCUT2D eigenvalue weighted by atomic mass is 16.6. The summed E-state index contributed by atoms with van der Waals surface area (Å²) in [7, 11) is 4.87. The van der Waals surface area contributed by atoms with Crippen molar-refractivity contribution in [2.75, 3.05) is 47.5 Å². The number of nitrogens with one attached hydrogen (secondary N) is 2. The number of nitro benzene ring substituents is 1. The van der Waals surface area contributed by atoms with Crippen LogP contribution in [0.2, 0.25) is 0 Å². The summed E-state index contributed by atoms with van der Waals surface area (Å²) in [4.78, 5) is 13.8. The van der Waals surface area contributed by atoms with Crippen LogP contribution in [0.5, 0.6) is 17.2 Å². The summed E-state index contributed by atoms with van der Waals surface area (Å²) in [5, 5.41) is 11.2. The lowest BCUT2D eigenvalue weighted by Crippen LogP contribution is -3.27. The normalized spacial score (nSPS) is 18.9. The van der Waals surface area contributed by atoms with Gasteiger partial charge in [0.2, 0.25) is 5.75 Å². The van der Waals surface area contributed by atoms with Crippen molar-refractivity contribution in [2.24, 2.45) is 0 Å². The van der Waals surface area contributed by atoms with Gasteiger partial charge in [0, 0.05) is 6.07 Å². The minimum Gasteiger partial charge on any atom is -0.493 e. The van der Waals surface area contributed by atoms with Crippen molar-refractivity contribution >= 4 is 5.69 Å². The summed E-state index contributed by atoms with van der Waals surface area (Å²) in [6, 6.07) is 11.0. The van der Waals surface area contributed by atoms with Crippen LogP contribution >= 0.6 is 0 Å². The molecule has 0 saturated carbocycles. The van der Waals surface area contributed by atoms with Crippen LogP contribution in [0.1, 0.15) is 11.1 Å². The molecule has 2 N–H and O–H groups in total. The molecule has 0 atom stereocenters. The maximum atomic E-state index is 11.2. The molecule has 8 heteroatoms. The van der Waals surface area contributed by atoms with Crippen molar-refractivity contribution < 1.29 is 28.9 Å². The molecule has 29 heavy (non-hydrogen) atoms. The lowest BCUT2D eigenvalue weighted by atomic mass is 10.1. The molecule has 0 spiro atoms. The summed E-state index contributed by atoms with van der Waals surface area (Å²) in [5.41, 5.74) is 2.10. The van der Waals surface area contributed by atoms with Gasteiger partial charge in [-0.2, -0.15) is 0 Å². The number of quaternary nitrogens is 2. The number of hydrogen-bond acceptors (Lipinski definition) is 5. The maximum Gasteiger partial charge on any atom is 0.278 e. The average molecular weight is 403 g/mol. The molecule has 0 aromatic heterocycles. The van der Waals surface area contributed by atoms with Crippen LogP contribution in [0.3, 0.4) is 0 Å². The summed E-state index contributed by atoms with van der Waals surface area (Å²) in [5.74, 6) is 1.99. The lowest BCUT2D eigenvalue weighted by molar-refractivity contribution is -1.02. The number of benzene rings is 2. The van der Waals surface area contributed by atoms with Crippen LogP contribution in [0.15, 0.2) is 36.4 Å². The highest BCUT2D eigenvalue weighted by Gasteiger charge is 2.27. The van der Waals surface area contributed by atoms with Gasteiger partial charge in [-0.25, -0.2) is 0 Å². The van der Waals surface area contributed by atoms with Crippen molar-refractivity contribution in [1.29, 1.82) is 0 Å². The van der Waals surface area contributed by atoms with Crippen molar-refractivity contribution in [3.8, 4) is 17.2 Å². The standard InChI is InChI=1S/C21H27N3O5/c1-27-19-9-8-17(20(28-2)21(19)29-3)15-23-12-10-22(11-13-23)14-16-6-4-5-7-18(16)24(25)26/h4-9H,10-15H2,1-3H3/p+2. The van der Waals surface area contributed by atoms with E-state index in [1.54, 1.807) is 33.5 Å². The SMILES string of the molecule is COc1ccc(C[NH+]2CC[NH+](Cc3ccccc3[N+](=O)[O-])CC2)c(OC)c1OC. The topological polar surface area (TPSA) is 79.7 Å². The second-order valence-electron chi connectivity index (χ2n) is 7.23. The van der Waals surface area contributed by atoms with Gasteiger partial charge in [-0.3, -0.25) is 10.1 Å². The van der Waals surface area contributed by atoms with Gasteiger partial charge in [0.15, 0.2) is 11.5 Å². The first-order valence-electron chi connectivity index (χ1n) is 9.74. The molecule has 1 fully saturated rings. The third-order valence-corrected chi connectivity index (χ3v) is 5.52. The van der Waals surface area contributed by atoms with E-state index in [1.165, 1.54) is 9.80 Å². The molecular weight excluding hydrogens is 374 g/mol. The number of hydrogen-bond donors (Lipinski definition) is 2. The molecule has 1 aliphatic heterocycles. The van der Waals surface area contributed by atoms with Gasteiger partial charge in [0.1, 0.15) is 39.3 Å². The van der Waals surface area contributed by atoms with E-state index in [4.69, 9.17) is 14.2 Å². The van der Waals surface area contributed by atoms with Crippen LogP contribution in [-0.4, -0.2) is 52.4 Å². The average Bonchev–Trinajstić information content (AvgIpc) is 2.74. The Morgan fingerprint density at radius 1 is 0.828 bits per heavy atom. The van der Waals surface area contributed by atoms with Crippen LogP contribution in [0.25, 0.3) is 0 Å². The van der Waals surface area contributed by atoms with E-state index in [-0.39, 0.29) is 10.6 Å². The molecule has 0 bridgehead atoms. The van der Waals surface area contributed by atoms with E-state index in [2.05, 4.69) is 0 Å². The molecule has 0 aliphatic carbocycles. The van der Waals surface area contributed by atoms with Gasteiger partial charge in [-0.05, 0) is 18.2 Å². The first-order chi connectivity index (χ1) is 14.1. The number of methoxy groups -OCH3 is 3. The molecule has 0 unspecified atom stereocenters.